The molecule has 2 rings (SSSR count). The van der Waals surface area contributed by atoms with E-state index < -0.39 is 5.41 Å². The van der Waals surface area contributed by atoms with E-state index in [9.17, 15) is 10.2 Å². The first-order chi connectivity index (χ1) is 9.99. The van der Waals surface area contributed by atoms with Crippen LogP contribution in [0.15, 0.2) is 18.2 Å². The maximum atomic E-state index is 9.42. The molecule has 118 valence electrons. The van der Waals surface area contributed by atoms with Gasteiger partial charge in [0.2, 0.25) is 0 Å². The van der Waals surface area contributed by atoms with E-state index >= 15 is 0 Å². The lowest BCUT2D eigenvalue weighted by Gasteiger charge is -2.40. The number of hydrogen-bond acceptors (Lipinski definition) is 4. The second kappa shape index (κ2) is 6.77. The van der Waals surface area contributed by atoms with Gasteiger partial charge in [0.05, 0.1) is 13.2 Å². The summed E-state index contributed by atoms with van der Waals surface area (Å²) in [5.41, 5.74) is 3.63. The molecule has 1 aromatic carbocycles. The summed E-state index contributed by atoms with van der Waals surface area (Å²) in [6.07, 6.45) is 0. The van der Waals surface area contributed by atoms with Crippen molar-refractivity contribution in [1.82, 2.24) is 4.90 Å². The van der Waals surface area contributed by atoms with Gasteiger partial charge < -0.3 is 15.1 Å². The molecule has 0 aromatic heterocycles. The minimum absolute atomic E-state index is 0.0285. The molecule has 1 fully saturated rings. The number of benzene rings is 1. The van der Waals surface area contributed by atoms with Crippen molar-refractivity contribution >= 4 is 5.69 Å². The molecule has 1 aromatic rings. The largest absolute Gasteiger partial charge is 0.396 e. The highest BCUT2D eigenvalue weighted by Crippen LogP contribution is 2.25. The summed E-state index contributed by atoms with van der Waals surface area (Å²) in [6, 6.07) is 6.48. The molecule has 0 radical (unpaired) electrons. The minimum atomic E-state index is -0.401. The van der Waals surface area contributed by atoms with E-state index in [2.05, 4.69) is 41.8 Å². The Balaban J connectivity index is 1.96. The highest BCUT2D eigenvalue weighted by Gasteiger charge is 2.28. The number of aliphatic hydroxyl groups excluding tert-OH is 2. The lowest BCUT2D eigenvalue weighted by Crippen LogP contribution is -2.51. The lowest BCUT2D eigenvalue weighted by molar-refractivity contribution is 0.0336. The van der Waals surface area contributed by atoms with Gasteiger partial charge in [-0.3, -0.25) is 4.90 Å². The van der Waals surface area contributed by atoms with E-state index in [1.807, 2.05) is 6.92 Å². The quantitative estimate of drug-likeness (QED) is 0.861. The van der Waals surface area contributed by atoms with Crippen LogP contribution in [0.1, 0.15) is 18.1 Å². The molecule has 1 aliphatic heterocycles. The molecule has 0 saturated carbocycles. The molecule has 1 aliphatic rings. The van der Waals surface area contributed by atoms with E-state index in [0.717, 1.165) is 32.7 Å². The summed E-state index contributed by atoms with van der Waals surface area (Å²) < 4.78 is 0. The third kappa shape index (κ3) is 3.76. The Morgan fingerprint density at radius 3 is 2.24 bits per heavy atom. The summed E-state index contributed by atoms with van der Waals surface area (Å²) in [7, 11) is 0. The molecule has 0 amide bonds. The standard InChI is InChI=1S/C17H28N2O2/c1-14-5-4-6-16(15(14)2)19-9-7-18(8-10-19)11-17(3,12-20)13-21/h4-6,20-21H,7-13H2,1-3H3. The first kappa shape index (κ1) is 16.3. The maximum Gasteiger partial charge on any atom is 0.0519 e. The third-order valence-corrected chi connectivity index (χ3v) is 4.66. The Morgan fingerprint density at radius 1 is 1.05 bits per heavy atom. The number of anilines is 1. The van der Waals surface area contributed by atoms with Gasteiger partial charge in [-0.2, -0.15) is 0 Å². The Kier molecular flexibility index (Phi) is 5.25. The van der Waals surface area contributed by atoms with Crippen molar-refractivity contribution in [3.63, 3.8) is 0 Å². The van der Waals surface area contributed by atoms with Gasteiger partial charge in [-0.1, -0.05) is 19.1 Å². The van der Waals surface area contributed by atoms with E-state index in [4.69, 9.17) is 0 Å². The number of nitrogens with zero attached hydrogens (tertiary/aromatic N) is 2. The summed E-state index contributed by atoms with van der Waals surface area (Å²) in [5, 5.41) is 18.8. The Bertz CT molecular complexity index is 464. The molecular formula is C17H28N2O2. The van der Waals surface area contributed by atoms with Crippen LogP contribution >= 0.6 is 0 Å². The topological polar surface area (TPSA) is 46.9 Å². The molecule has 0 spiro atoms. The van der Waals surface area contributed by atoms with Crippen LogP contribution in [0.4, 0.5) is 5.69 Å². The van der Waals surface area contributed by atoms with Crippen LogP contribution in [-0.4, -0.2) is 61.1 Å². The average molecular weight is 292 g/mol. The van der Waals surface area contributed by atoms with Crippen molar-refractivity contribution in [1.29, 1.82) is 0 Å². The molecule has 0 unspecified atom stereocenters. The zero-order valence-corrected chi connectivity index (χ0v) is 13.5. The number of aliphatic hydroxyl groups is 2. The zero-order valence-electron chi connectivity index (χ0n) is 13.5. The first-order valence-corrected chi connectivity index (χ1v) is 7.74. The van der Waals surface area contributed by atoms with Crippen molar-refractivity contribution in [3.05, 3.63) is 29.3 Å². The van der Waals surface area contributed by atoms with Crippen molar-refractivity contribution in [2.24, 2.45) is 5.41 Å². The molecule has 0 atom stereocenters. The summed E-state index contributed by atoms with van der Waals surface area (Å²) in [4.78, 5) is 4.78. The number of aryl methyl sites for hydroxylation is 1. The van der Waals surface area contributed by atoms with Crippen molar-refractivity contribution in [2.75, 3.05) is 50.8 Å². The zero-order chi connectivity index (χ0) is 15.5. The van der Waals surface area contributed by atoms with Crippen LogP contribution in [0.3, 0.4) is 0 Å². The third-order valence-electron chi connectivity index (χ3n) is 4.66. The van der Waals surface area contributed by atoms with Crippen LogP contribution < -0.4 is 4.90 Å². The number of rotatable bonds is 5. The van der Waals surface area contributed by atoms with E-state index in [0.29, 0.717) is 0 Å². The molecule has 0 aliphatic carbocycles. The molecule has 0 bridgehead atoms. The normalized spacial score (nSPS) is 17.3. The second-order valence-corrected chi connectivity index (χ2v) is 6.61. The number of piperazine rings is 1. The smallest absolute Gasteiger partial charge is 0.0519 e. The van der Waals surface area contributed by atoms with Crippen LogP contribution in [0, 0.1) is 19.3 Å². The van der Waals surface area contributed by atoms with Gasteiger partial charge in [0.25, 0.3) is 0 Å². The summed E-state index contributed by atoms with van der Waals surface area (Å²) in [5.74, 6) is 0. The van der Waals surface area contributed by atoms with Gasteiger partial charge in [0.15, 0.2) is 0 Å². The molecule has 1 heterocycles. The Hall–Kier alpha value is -1.10. The SMILES string of the molecule is Cc1cccc(N2CCN(CC(C)(CO)CO)CC2)c1C. The maximum absolute atomic E-state index is 9.42. The Labute approximate surface area is 128 Å². The molecule has 21 heavy (non-hydrogen) atoms. The fourth-order valence-corrected chi connectivity index (χ4v) is 2.91. The van der Waals surface area contributed by atoms with Crippen LogP contribution in [0.2, 0.25) is 0 Å². The van der Waals surface area contributed by atoms with Crippen LogP contribution in [-0.2, 0) is 0 Å². The van der Waals surface area contributed by atoms with Gasteiger partial charge in [0, 0.05) is 43.8 Å². The van der Waals surface area contributed by atoms with Crippen molar-refractivity contribution in [2.45, 2.75) is 20.8 Å². The second-order valence-electron chi connectivity index (χ2n) is 6.61. The minimum Gasteiger partial charge on any atom is -0.396 e. The monoisotopic (exact) mass is 292 g/mol. The van der Waals surface area contributed by atoms with Crippen molar-refractivity contribution in [3.8, 4) is 0 Å². The van der Waals surface area contributed by atoms with Gasteiger partial charge >= 0.3 is 0 Å². The highest BCUT2D eigenvalue weighted by atomic mass is 16.3. The van der Waals surface area contributed by atoms with E-state index in [1.165, 1.54) is 16.8 Å². The predicted molar refractivity (Wildman–Crippen MR) is 86.8 cm³/mol. The molecule has 4 nitrogen and oxygen atoms in total. The van der Waals surface area contributed by atoms with Gasteiger partial charge in [-0.25, -0.2) is 0 Å². The van der Waals surface area contributed by atoms with Crippen molar-refractivity contribution < 1.29 is 10.2 Å². The van der Waals surface area contributed by atoms with E-state index in [1.54, 1.807) is 0 Å². The predicted octanol–water partition coefficient (Wildman–Crippen LogP) is 1.42. The van der Waals surface area contributed by atoms with Crippen LogP contribution in [0.25, 0.3) is 0 Å². The highest BCUT2D eigenvalue weighted by molar-refractivity contribution is 5.56. The van der Waals surface area contributed by atoms with Gasteiger partial charge in [0.1, 0.15) is 0 Å². The summed E-state index contributed by atoms with van der Waals surface area (Å²) >= 11 is 0. The molecule has 2 N–H and O–H groups in total. The van der Waals surface area contributed by atoms with E-state index in [-0.39, 0.29) is 13.2 Å². The molecule has 1 saturated heterocycles. The first-order valence-electron chi connectivity index (χ1n) is 7.74. The molecular weight excluding hydrogens is 264 g/mol. The van der Waals surface area contributed by atoms with Gasteiger partial charge in [-0.05, 0) is 31.0 Å². The lowest BCUT2D eigenvalue weighted by atomic mass is 9.92. The van der Waals surface area contributed by atoms with Gasteiger partial charge in [-0.15, -0.1) is 0 Å². The average Bonchev–Trinajstić information content (AvgIpc) is 2.51. The Morgan fingerprint density at radius 2 is 1.67 bits per heavy atom. The fraction of sp³-hybridized carbons (Fsp3) is 0.647. The van der Waals surface area contributed by atoms with Crippen LogP contribution in [0.5, 0.6) is 0 Å². The fourth-order valence-electron chi connectivity index (χ4n) is 2.91. The molecule has 4 heteroatoms. The number of hydrogen-bond donors (Lipinski definition) is 2. The summed E-state index contributed by atoms with van der Waals surface area (Å²) in [6.45, 7) is 11.0.